The molecule has 3 rings (SSSR count). The molecule has 1 fully saturated rings. The van der Waals surface area contributed by atoms with Crippen LogP contribution in [0.25, 0.3) is 10.9 Å². The minimum Gasteiger partial charge on any atom is -0.481 e. The average molecular weight is 532 g/mol. The summed E-state index contributed by atoms with van der Waals surface area (Å²) in [6.07, 6.45) is 0.462. The molecule has 13 heteroatoms. The minimum absolute atomic E-state index is 0.00454. The Bertz CT molecular complexity index is 1200. The first-order valence-electron chi connectivity index (χ1n) is 12.3. The van der Waals surface area contributed by atoms with Gasteiger partial charge in [-0.3, -0.25) is 19.2 Å². The predicted octanol–water partition coefficient (Wildman–Crippen LogP) is -0.671. The molecule has 0 aliphatic carbocycles. The maximum Gasteiger partial charge on any atom is 0.326 e. The van der Waals surface area contributed by atoms with Crippen LogP contribution in [0, 0.1) is 0 Å². The summed E-state index contributed by atoms with van der Waals surface area (Å²) in [5.41, 5.74) is 7.24. The molecule has 1 aromatic carbocycles. The highest BCUT2D eigenvalue weighted by Gasteiger charge is 2.38. The third kappa shape index (κ3) is 6.86. The number of likely N-dealkylation sites (tertiary alicyclic amines) is 1. The molecule has 3 amide bonds. The molecule has 1 aliphatic rings. The van der Waals surface area contributed by atoms with Gasteiger partial charge in [-0.1, -0.05) is 18.2 Å². The molecule has 206 valence electrons. The zero-order valence-electron chi connectivity index (χ0n) is 20.9. The number of aromatic amines is 1. The SMILES string of the molecule is CC(O)C(N)C(=O)NC(Cc1c[nH]c2ccccc12)C(=O)NC(CCC(=O)O)C(=O)N1CCCC1C(=O)O. The van der Waals surface area contributed by atoms with Gasteiger partial charge in [-0.2, -0.15) is 0 Å². The van der Waals surface area contributed by atoms with E-state index in [1.165, 1.54) is 6.92 Å². The van der Waals surface area contributed by atoms with Gasteiger partial charge in [0.25, 0.3) is 0 Å². The zero-order chi connectivity index (χ0) is 28.0. The Hall–Kier alpha value is -3.97. The summed E-state index contributed by atoms with van der Waals surface area (Å²) in [5.74, 6) is -4.66. The molecule has 1 aromatic heterocycles. The number of nitrogens with two attached hydrogens (primary N) is 1. The summed E-state index contributed by atoms with van der Waals surface area (Å²) in [6.45, 7) is 1.49. The van der Waals surface area contributed by atoms with Gasteiger partial charge < -0.3 is 41.6 Å². The number of para-hydroxylation sites is 1. The summed E-state index contributed by atoms with van der Waals surface area (Å²) >= 11 is 0. The van der Waals surface area contributed by atoms with Gasteiger partial charge in [0.15, 0.2) is 0 Å². The van der Waals surface area contributed by atoms with Crippen LogP contribution in [0.15, 0.2) is 30.5 Å². The fourth-order valence-corrected chi connectivity index (χ4v) is 4.50. The maximum absolute atomic E-state index is 13.4. The van der Waals surface area contributed by atoms with Crippen molar-refractivity contribution >= 4 is 40.6 Å². The lowest BCUT2D eigenvalue weighted by Gasteiger charge is -2.29. The van der Waals surface area contributed by atoms with Crippen molar-refractivity contribution in [2.24, 2.45) is 5.73 Å². The highest BCUT2D eigenvalue weighted by Crippen LogP contribution is 2.21. The largest absolute Gasteiger partial charge is 0.481 e. The molecule has 2 aromatic rings. The van der Waals surface area contributed by atoms with Crippen LogP contribution >= 0.6 is 0 Å². The van der Waals surface area contributed by atoms with E-state index in [0.29, 0.717) is 12.0 Å². The monoisotopic (exact) mass is 531 g/mol. The van der Waals surface area contributed by atoms with Crippen LogP contribution < -0.4 is 16.4 Å². The molecule has 0 saturated carbocycles. The fraction of sp³-hybridized carbons (Fsp3) is 0.480. The number of aromatic nitrogens is 1. The molecule has 0 bridgehead atoms. The summed E-state index contributed by atoms with van der Waals surface area (Å²) in [7, 11) is 0. The number of aliphatic carboxylic acids is 2. The highest BCUT2D eigenvalue weighted by molar-refractivity contribution is 5.95. The van der Waals surface area contributed by atoms with Crippen molar-refractivity contribution in [1.29, 1.82) is 0 Å². The molecular weight excluding hydrogens is 498 g/mol. The van der Waals surface area contributed by atoms with E-state index in [-0.39, 0.29) is 25.8 Å². The highest BCUT2D eigenvalue weighted by atomic mass is 16.4. The van der Waals surface area contributed by atoms with Crippen molar-refractivity contribution in [2.45, 2.75) is 69.3 Å². The summed E-state index contributed by atoms with van der Waals surface area (Å²) in [5, 5.41) is 34.2. The Balaban J connectivity index is 1.86. The van der Waals surface area contributed by atoms with E-state index in [9.17, 15) is 34.2 Å². The number of aliphatic hydroxyl groups is 1. The number of carbonyl (C=O) groups is 5. The maximum atomic E-state index is 13.4. The Morgan fingerprint density at radius 2 is 1.79 bits per heavy atom. The van der Waals surface area contributed by atoms with E-state index in [4.69, 9.17) is 10.8 Å². The van der Waals surface area contributed by atoms with Crippen molar-refractivity contribution in [3.05, 3.63) is 36.0 Å². The second kappa shape index (κ2) is 12.5. The quantitative estimate of drug-likeness (QED) is 0.184. The van der Waals surface area contributed by atoms with Crippen LogP contribution in [0.1, 0.15) is 38.2 Å². The van der Waals surface area contributed by atoms with Gasteiger partial charge in [0.2, 0.25) is 17.7 Å². The Morgan fingerprint density at radius 1 is 1.11 bits per heavy atom. The number of fused-ring (bicyclic) bond motifs is 1. The number of carboxylic acids is 2. The number of benzene rings is 1. The number of carboxylic acid groups (broad SMARTS) is 2. The van der Waals surface area contributed by atoms with Gasteiger partial charge in [-0.25, -0.2) is 4.79 Å². The Labute approximate surface area is 218 Å². The van der Waals surface area contributed by atoms with Crippen LogP contribution in [0.5, 0.6) is 0 Å². The van der Waals surface area contributed by atoms with E-state index in [1.807, 2.05) is 24.3 Å². The molecule has 2 heterocycles. The number of hydrogen-bond donors (Lipinski definition) is 7. The van der Waals surface area contributed by atoms with Crippen LogP contribution in [0.3, 0.4) is 0 Å². The second-order valence-electron chi connectivity index (χ2n) is 9.41. The van der Waals surface area contributed by atoms with Crippen molar-refractivity contribution in [1.82, 2.24) is 20.5 Å². The normalized spacial score (nSPS) is 18.4. The third-order valence-corrected chi connectivity index (χ3v) is 6.64. The van der Waals surface area contributed by atoms with Gasteiger partial charge in [-0.15, -0.1) is 0 Å². The molecule has 8 N–H and O–H groups in total. The number of aliphatic hydroxyl groups excluding tert-OH is 1. The van der Waals surface area contributed by atoms with E-state index in [1.54, 1.807) is 6.20 Å². The van der Waals surface area contributed by atoms with E-state index in [0.717, 1.165) is 15.8 Å². The molecule has 5 atom stereocenters. The first-order valence-corrected chi connectivity index (χ1v) is 12.3. The predicted molar refractivity (Wildman–Crippen MR) is 135 cm³/mol. The standard InChI is InChI=1S/C25H33N5O8/c1-13(31)21(26)23(35)29-18(11-14-12-27-16-6-3-2-5-15(14)16)22(34)28-17(8-9-20(32)33)24(36)30-10-4-7-19(30)25(37)38/h2-3,5-6,12-13,17-19,21,27,31H,4,7-11,26H2,1H3,(H,28,34)(H,29,35)(H,32,33)(H,37,38). The van der Waals surface area contributed by atoms with Gasteiger partial charge in [-0.05, 0) is 37.8 Å². The van der Waals surface area contributed by atoms with E-state index >= 15 is 0 Å². The lowest BCUT2D eigenvalue weighted by molar-refractivity contribution is -0.150. The second-order valence-corrected chi connectivity index (χ2v) is 9.41. The van der Waals surface area contributed by atoms with Gasteiger partial charge in [0.05, 0.1) is 6.10 Å². The number of nitrogens with zero attached hydrogens (tertiary/aromatic N) is 1. The number of amides is 3. The number of rotatable bonds is 12. The molecule has 1 aliphatic heterocycles. The number of H-pyrrole nitrogens is 1. The zero-order valence-corrected chi connectivity index (χ0v) is 20.9. The molecule has 0 spiro atoms. The molecule has 5 unspecified atom stereocenters. The van der Waals surface area contributed by atoms with Gasteiger partial charge in [0.1, 0.15) is 24.2 Å². The van der Waals surface area contributed by atoms with Gasteiger partial charge >= 0.3 is 11.9 Å². The van der Waals surface area contributed by atoms with Crippen molar-refractivity contribution in [2.75, 3.05) is 6.54 Å². The van der Waals surface area contributed by atoms with Gasteiger partial charge in [0, 0.05) is 36.5 Å². The molecule has 1 saturated heterocycles. The lowest BCUT2D eigenvalue weighted by Crippen LogP contribution is -2.58. The summed E-state index contributed by atoms with van der Waals surface area (Å²) in [4.78, 5) is 66.4. The van der Waals surface area contributed by atoms with Crippen molar-refractivity contribution in [3.8, 4) is 0 Å². The van der Waals surface area contributed by atoms with E-state index < -0.39 is 66.4 Å². The van der Waals surface area contributed by atoms with Crippen molar-refractivity contribution < 1.29 is 39.3 Å². The van der Waals surface area contributed by atoms with Crippen LogP contribution in [0.2, 0.25) is 0 Å². The molecular formula is C25H33N5O8. The minimum atomic E-state index is -1.33. The first-order chi connectivity index (χ1) is 18.0. The van der Waals surface area contributed by atoms with Crippen molar-refractivity contribution in [3.63, 3.8) is 0 Å². The van der Waals surface area contributed by atoms with Crippen LogP contribution in [0.4, 0.5) is 0 Å². The number of nitrogens with one attached hydrogen (secondary N) is 3. The van der Waals surface area contributed by atoms with Crippen LogP contribution in [-0.2, 0) is 30.4 Å². The topological polar surface area (TPSA) is 215 Å². The molecule has 13 nitrogen and oxygen atoms in total. The molecule has 38 heavy (non-hydrogen) atoms. The Kier molecular flexibility index (Phi) is 9.42. The number of carbonyl (C=O) groups excluding carboxylic acids is 3. The first kappa shape index (κ1) is 28.6. The average Bonchev–Trinajstić information content (AvgIpc) is 3.52. The lowest BCUT2D eigenvalue weighted by atomic mass is 10.0. The van der Waals surface area contributed by atoms with E-state index in [2.05, 4.69) is 15.6 Å². The number of hydrogen-bond acceptors (Lipinski definition) is 7. The fourth-order valence-electron chi connectivity index (χ4n) is 4.50. The summed E-state index contributed by atoms with van der Waals surface area (Å²) < 4.78 is 0. The third-order valence-electron chi connectivity index (χ3n) is 6.64. The Morgan fingerprint density at radius 3 is 2.45 bits per heavy atom. The van der Waals surface area contributed by atoms with Crippen LogP contribution in [-0.4, -0.2) is 91.7 Å². The summed E-state index contributed by atoms with van der Waals surface area (Å²) in [6, 6.07) is 2.36. The smallest absolute Gasteiger partial charge is 0.326 e. The molecule has 0 radical (unpaired) electrons.